The maximum atomic E-state index is 15.1. The summed E-state index contributed by atoms with van der Waals surface area (Å²) in [7, 11) is 3.12. The van der Waals surface area contributed by atoms with E-state index in [1.54, 1.807) is 0 Å². The summed E-state index contributed by atoms with van der Waals surface area (Å²) in [4.78, 5) is 44.9. The Hall–Kier alpha value is -7.72. The summed E-state index contributed by atoms with van der Waals surface area (Å²) in [6.45, 7) is 0. The Bertz CT molecular complexity index is 3120. The number of hydrogen-bond donors (Lipinski definition) is 2. The standard InChI is InChI=1S/C23H14ClF7N2O6.C21H11Cl2F7N2O4/c1-36-17-7-10(39-23(29,30)31)3-5-15(17)38-16-6-4-11(22(26,27)28)19(25)18(16)20(34)33-13-8-14(21(35)37-2)32-9-12(13)24;1-34-15-6-9(36-21(28,29)30)2-4-13(15)35-14-5-3-10(20(25,26)27)18(24)17(14)19(33)32-12-7-16(23)31-8-11(12)22/h3-9H,1-2H3,(H,32,33,34);2-8H,1H3,(H,31,32,33). The Kier molecular flexibility index (Phi) is 18.0. The van der Waals surface area contributed by atoms with Crippen LogP contribution in [0.25, 0.3) is 0 Å². The molecule has 0 aliphatic carbocycles. The number of benzene rings is 4. The van der Waals surface area contributed by atoms with Gasteiger partial charge in [0.25, 0.3) is 11.8 Å². The van der Waals surface area contributed by atoms with E-state index in [1.807, 2.05) is 0 Å². The molecule has 6 aromatic rings. The number of carbonyl (C=O) groups excluding carboxylic acids is 3. The van der Waals surface area contributed by atoms with Crippen LogP contribution in [0.15, 0.2) is 85.2 Å². The molecular weight excluding hydrogens is 1120 g/mol. The molecule has 4 aromatic carbocycles. The molecular formula is C44H25Cl3F14N4O10. The number of nitrogens with one attached hydrogen (secondary N) is 2. The fraction of sp³-hybridized carbons (Fsp3) is 0.159. The number of methoxy groups -OCH3 is 3. The lowest BCUT2D eigenvalue weighted by atomic mass is 10.1. The molecule has 0 spiro atoms. The first-order valence-corrected chi connectivity index (χ1v) is 20.7. The van der Waals surface area contributed by atoms with Gasteiger partial charge in [0.05, 0.1) is 53.9 Å². The van der Waals surface area contributed by atoms with E-state index < -0.39 is 111 Å². The highest BCUT2D eigenvalue weighted by Crippen LogP contribution is 2.43. The fourth-order valence-electron chi connectivity index (χ4n) is 5.87. The van der Waals surface area contributed by atoms with E-state index in [2.05, 4.69) is 34.8 Å². The van der Waals surface area contributed by atoms with Crippen molar-refractivity contribution in [1.82, 2.24) is 9.97 Å². The van der Waals surface area contributed by atoms with E-state index in [0.29, 0.717) is 24.3 Å². The molecule has 2 heterocycles. The minimum atomic E-state index is -5.22. The monoisotopic (exact) mass is 1140 g/mol. The molecule has 0 unspecified atom stereocenters. The highest BCUT2D eigenvalue weighted by molar-refractivity contribution is 6.35. The van der Waals surface area contributed by atoms with Gasteiger partial charge in [0.2, 0.25) is 0 Å². The van der Waals surface area contributed by atoms with Crippen molar-refractivity contribution in [2.45, 2.75) is 25.1 Å². The summed E-state index contributed by atoms with van der Waals surface area (Å²) in [5.74, 6) is -12.3. The maximum absolute atomic E-state index is 15.1. The van der Waals surface area contributed by atoms with Crippen LogP contribution in [0.3, 0.4) is 0 Å². The lowest BCUT2D eigenvalue weighted by Gasteiger charge is -2.18. The van der Waals surface area contributed by atoms with Gasteiger partial charge in [-0.3, -0.25) is 9.59 Å². The van der Waals surface area contributed by atoms with Crippen molar-refractivity contribution in [3.05, 3.63) is 140 Å². The minimum Gasteiger partial charge on any atom is -0.493 e. The van der Waals surface area contributed by atoms with Crippen molar-refractivity contribution < 1.29 is 109 Å². The molecule has 0 bridgehead atoms. The van der Waals surface area contributed by atoms with E-state index in [-0.39, 0.29) is 43.8 Å². The van der Waals surface area contributed by atoms with E-state index >= 15 is 4.39 Å². The summed E-state index contributed by atoms with van der Waals surface area (Å²) in [6, 6.07) is 8.80. The topological polar surface area (TPSA) is 166 Å². The molecule has 400 valence electrons. The zero-order valence-corrected chi connectivity index (χ0v) is 39.3. The average molecular weight is 1140 g/mol. The largest absolute Gasteiger partial charge is 0.573 e. The zero-order valence-electron chi connectivity index (χ0n) is 37.0. The van der Waals surface area contributed by atoms with Crippen molar-refractivity contribution in [3.63, 3.8) is 0 Å². The second-order valence-electron chi connectivity index (χ2n) is 14.0. The molecule has 31 heteroatoms. The SMILES string of the molecule is COC(=O)c1cc(NC(=O)c2c(Oc3ccc(OC(F)(F)F)cc3OC)ccc(C(F)(F)F)c2F)c(Cl)cn1.COc1cc(OC(F)(F)F)ccc1Oc1ccc(C(F)(F)F)c(F)c1C(=O)Nc1cc(Cl)ncc1Cl. The van der Waals surface area contributed by atoms with Gasteiger partial charge in [-0.25, -0.2) is 23.5 Å². The maximum Gasteiger partial charge on any atom is 0.573 e. The van der Waals surface area contributed by atoms with Crippen LogP contribution in [-0.2, 0) is 17.1 Å². The summed E-state index contributed by atoms with van der Waals surface area (Å²) >= 11 is 17.6. The quantitative estimate of drug-likeness (QED) is 0.0639. The molecule has 2 amide bonds. The molecule has 75 heavy (non-hydrogen) atoms. The number of halogens is 17. The van der Waals surface area contributed by atoms with Gasteiger partial charge < -0.3 is 43.8 Å². The number of pyridine rings is 2. The molecule has 0 aliphatic heterocycles. The molecule has 0 atom stereocenters. The Morgan fingerprint density at radius 2 is 0.893 bits per heavy atom. The van der Waals surface area contributed by atoms with Crippen molar-refractivity contribution in [3.8, 4) is 46.0 Å². The normalized spacial score (nSPS) is 11.6. The summed E-state index contributed by atoms with van der Waals surface area (Å²) in [5.41, 5.74) is -6.93. The van der Waals surface area contributed by atoms with E-state index in [9.17, 15) is 71.5 Å². The first kappa shape index (κ1) is 58.2. The molecule has 2 aromatic heterocycles. The molecule has 0 fully saturated rings. The molecule has 6 rings (SSSR count). The van der Waals surface area contributed by atoms with Crippen molar-refractivity contribution in [2.75, 3.05) is 32.0 Å². The first-order chi connectivity index (χ1) is 34.8. The van der Waals surface area contributed by atoms with Crippen LogP contribution in [0.4, 0.5) is 72.8 Å². The Morgan fingerprint density at radius 1 is 0.507 bits per heavy atom. The molecule has 0 saturated carbocycles. The third-order valence-electron chi connectivity index (χ3n) is 9.02. The van der Waals surface area contributed by atoms with Crippen LogP contribution in [0.1, 0.15) is 42.3 Å². The number of anilines is 2. The highest BCUT2D eigenvalue weighted by Gasteiger charge is 2.40. The number of aromatic nitrogens is 2. The Morgan fingerprint density at radius 3 is 1.27 bits per heavy atom. The number of esters is 1. The molecule has 0 saturated heterocycles. The van der Waals surface area contributed by atoms with E-state index in [0.717, 1.165) is 82.3 Å². The van der Waals surface area contributed by atoms with Gasteiger partial charge in [-0.1, -0.05) is 34.8 Å². The summed E-state index contributed by atoms with van der Waals surface area (Å²) in [6.07, 6.45) is -18.5. The van der Waals surface area contributed by atoms with Gasteiger partial charge in [-0.05, 0) is 54.6 Å². The van der Waals surface area contributed by atoms with Crippen molar-refractivity contribution in [2.24, 2.45) is 0 Å². The molecule has 2 N–H and O–H groups in total. The second kappa shape index (κ2) is 23.2. The highest BCUT2D eigenvalue weighted by atomic mass is 35.5. The Balaban J connectivity index is 0.000000278. The summed E-state index contributed by atoms with van der Waals surface area (Å²) in [5, 5.41) is 3.62. The first-order valence-electron chi connectivity index (χ1n) is 19.5. The number of amides is 2. The molecule has 14 nitrogen and oxygen atoms in total. The van der Waals surface area contributed by atoms with Crippen molar-refractivity contribution >= 4 is 64.0 Å². The third kappa shape index (κ3) is 15.2. The third-order valence-corrected chi connectivity index (χ3v) is 9.83. The predicted octanol–water partition coefficient (Wildman–Crippen LogP) is 14.1. The van der Waals surface area contributed by atoms with E-state index in [1.165, 1.54) is 0 Å². The lowest BCUT2D eigenvalue weighted by molar-refractivity contribution is -0.275. The van der Waals surface area contributed by atoms with Gasteiger partial charge in [0.15, 0.2) is 40.3 Å². The van der Waals surface area contributed by atoms with Gasteiger partial charge in [0.1, 0.15) is 39.3 Å². The number of ether oxygens (including phenoxy) is 7. The van der Waals surface area contributed by atoms with Crippen LogP contribution in [0.2, 0.25) is 15.2 Å². The van der Waals surface area contributed by atoms with E-state index in [4.69, 9.17) is 53.8 Å². The number of hydrogen-bond acceptors (Lipinski definition) is 12. The fourth-order valence-corrected chi connectivity index (χ4v) is 6.33. The average Bonchev–Trinajstić information content (AvgIpc) is 3.30. The van der Waals surface area contributed by atoms with Gasteiger partial charge in [-0.15, -0.1) is 26.3 Å². The van der Waals surface area contributed by atoms with Crippen LogP contribution in [0.5, 0.6) is 46.0 Å². The van der Waals surface area contributed by atoms with Crippen LogP contribution in [-0.4, -0.2) is 61.8 Å². The van der Waals surface area contributed by atoms with Crippen LogP contribution < -0.4 is 39.1 Å². The number of rotatable bonds is 13. The van der Waals surface area contributed by atoms with Crippen LogP contribution in [0, 0.1) is 11.6 Å². The van der Waals surface area contributed by atoms with Crippen LogP contribution >= 0.6 is 34.8 Å². The second-order valence-corrected chi connectivity index (χ2v) is 15.2. The number of nitrogens with zero attached hydrogens (tertiary/aromatic N) is 2. The number of carbonyl (C=O) groups is 3. The minimum absolute atomic E-state index is 0.137. The summed E-state index contributed by atoms with van der Waals surface area (Å²) < 4.78 is 218. The predicted molar refractivity (Wildman–Crippen MR) is 233 cm³/mol. The smallest absolute Gasteiger partial charge is 0.493 e. The number of alkyl halides is 12. The molecule has 0 radical (unpaired) electrons. The molecule has 0 aliphatic rings. The Labute approximate surface area is 424 Å². The van der Waals surface area contributed by atoms with Crippen molar-refractivity contribution in [1.29, 1.82) is 0 Å². The zero-order chi connectivity index (χ0) is 56.0. The van der Waals surface area contributed by atoms with Gasteiger partial charge in [-0.2, -0.15) is 26.3 Å². The lowest BCUT2D eigenvalue weighted by Crippen LogP contribution is -2.19. The van der Waals surface area contributed by atoms with Gasteiger partial charge >= 0.3 is 31.0 Å². The van der Waals surface area contributed by atoms with Gasteiger partial charge in [0, 0.05) is 30.6 Å².